The molecule has 5 aromatic carbocycles. The zero-order valence-corrected chi connectivity index (χ0v) is 22.5. The molecule has 0 aliphatic carbocycles. The molecule has 0 spiro atoms. The summed E-state index contributed by atoms with van der Waals surface area (Å²) in [4.78, 5) is 0. The van der Waals surface area contributed by atoms with Crippen molar-refractivity contribution in [2.45, 2.75) is 11.8 Å². The van der Waals surface area contributed by atoms with Crippen LogP contribution in [0.5, 0.6) is 17.2 Å². The molecule has 196 valence electrons. The second kappa shape index (κ2) is 11.8. The Balaban J connectivity index is 1.91. The maximum Gasteiger partial charge on any atom is 0.204 e. The Labute approximate surface area is 230 Å². The van der Waals surface area contributed by atoms with Crippen molar-refractivity contribution in [3.8, 4) is 17.2 Å². The molecule has 0 aliphatic rings. The van der Waals surface area contributed by atoms with Crippen LogP contribution in [0.3, 0.4) is 0 Å². The number of methoxy groups -OCH3 is 3. The zero-order valence-electron chi connectivity index (χ0n) is 22.5. The molecule has 4 nitrogen and oxygen atoms in total. The van der Waals surface area contributed by atoms with E-state index in [1.165, 1.54) is 0 Å². The van der Waals surface area contributed by atoms with E-state index in [1.54, 1.807) is 21.3 Å². The highest BCUT2D eigenvalue weighted by atomic mass is 16.5. The average Bonchev–Trinajstić information content (AvgIpc) is 3.01. The Kier molecular flexibility index (Phi) is 7.83. The molecule has 0 aliphatic heterocycles. The Hall–Kier alpha value is -4.70. The molecule has 2 N–H and O–H groups in total. The third-order valence-corrected chi connectivity index (χ3v) is 7.20. The van der Waals surface area contributed by atoms with Crippen molar-refractivity contribution in [1.29, 1.82) is 0 Å². The number of anilines is 1. The van der Waals surface area contributed by atoms with Crippen molar-refractivity contribution in [3.05, 3.63) is 155 Å². The van der Waals surface area contributed by atoms with Crippen molar-refractivity contribution in [2.75, 3.05) is 27.1 Å². The molecule has 5 aromatic rings. The van der Waals surface area contributed by atoms with Gasteiger partial charge < -0.3 is 19.9 Å². The van der Waals surface area contributed by atoms with E-state index in [0.29, 0.717) is 22.9 Å². The van der Waals surface area contributed by atoms with Gasteiger partial charge in [-0.2, -0.15) is 0 Å². The highest BCUT2D eigenvalue weighted by molar-refractivity contribution is 5.78. The number of benzene rings is 5. The molecule has 0 aromatic heterocycles. The number of nitrogens with two attached hydrogens (primary N) is 1. The Morgan fingerprint density at radius 1 is 0.410 bits per heavy atom. The lowest BCUT2D eigenvalue weighted by molar-refractivity contribution is 0.320. The van der Waals surface area contributed by atoms with Gasteiger partial charge >= 0.3 is 0 Å². The molecular formula is C35H33NO3. The van der Waals surface area contributed by atoms with Crippen molar-refractivity contribution in [3.63, 3.8) is 0 Å². The number of hydrogen-bond acceptors (Lipinski definition) is 4. The van der Waals surface area contributed by atoms with Crippen LogP contribution in [0, 0.1) is 0 Å². The monoisotopic (exact) mass is 515 g/mol. The van der Waals surface area contributed by atoms with Gasteiger partial charge in [0.15, 0.2) is 11.5 Å². The summed E-state index contributed by atoms with van der Waals surface area (Å²) in [5, 5.41) is 0. The first-order valence-electron chi connectivity index (χ1n) is 13.0. The van der Waals surface area contributed by atoms with E-state index in [-0.39, 0.29) is 11.8 Å². The van der Waals surface area contributed by atoms with E-state index in [9.17, 15) is 0 Å². The van der Waals surface area contributed by atoms with Crippen LogP contribution in [0.4, 0.5) is 5.69 Å². The molecule has 0 bridgehead atoms. The molecule has 0 amide bonds. The maximum absolute atomic E-state index is 7.30. The summed E-state index contributed by atoms with van der Waals surface area (Å²) in [6, 6.07) is 41.5. The lowest BCUT2D eigenvalue weighted by atomic mass is 9.78. The molecule has 0 fully saturated rings. The Morgan fingerprint density at radius 2 is 0.667 bits per heavy atom. The van der Waals surface area contributed by atoms with Crippen LogP contribution in [-0.2, 0) is 0 Å². The van der Waals surface area contributed by atoms with Gasteiger partial charge in [0.2, 0.25) is 5.75 Å². The van der Waals surface area contributed by atoms with Crippen molar-refractivity contribution >= 4 is 5.69 Å². The van der Waals surface area contributed by atoms with Crippen LogP contribution in [0.15, 0.2) is 121 Å². The van der Waals surface area contributed by atoms with Crippen LogP contribution in [0.25, 0.3) is 0 Å². The first-order valence-corrected chi connectivity index (χ1v) is 13.0. The molecule has 4 heteroatoms. The van der Waals surface area contributed by atoms with E-state index in [0.717, 1.165) is 33.4 Å². The molecule has 5 rings (SSSR count). The fraction of sp³-hybridized carbons (Fsp3) is 0.143. The molecular weight excluding hydrogens is 482 g/mol. The lowest BCUT2D eigenvalue weighted by Gasteiger charge is -2.30. The highest BCUT2D eigenvalue weighted by Gasteiger charge is 2.35. The molecule has 39 heavy (non-hydrogen) atoms. The molecule has 0 unspecified atom stereocenters. The SMILES string of the molecule is COc1c(OC)c(C(c2ccccc2)c2ccccc2)c(N)c(C(c2ccccc2)c2ccccc2)c1OC. The minimum absolute atomic E-state index is 0.201. The summed E-state index contributed by atoms with van der Waals surface area (Å²) >= 11 is 0. The third-order valence-electron chi connectivity index (χ3n) is 7.20. The van der Waals surface area contributed by atoms with Crippen LogP contribution >= 0.6 is 0 Å². The van der Waals surface area contributed by atoms with Crippen molar-refractivity contribution < 1.29 is 14.2 Å². The van der Waals surface area contributed by atoms with E-state index < -0.39 is 0 Å². The van der Waals surface area contributed by atoms with Crippen molar-refractivity contribution in [2.24, 2.45) is 0 Å². The first kappa shape index (κ1) is 25.9. The molecule has 0 saturated carbocycles. The number of hydrogen-bond donors (Lipinski definition) is 1. The average molecular weight is 516 g/mol. The van der Waals surface area contributed by atoms with E-state index in [4.69, 9.17) is 19.9 Å². The smallest absolute Gasteiger partial charge is 0.204 e. The molecule has 0 saturated heterocycles. The summed E-state index contributed by atoms with van der Waals surface area (Å²) < 4.78 is 18.2. The predicted molar refractivity (Wildman–Crippen MR) is 158 cm³/mol. The molecule has 0 atom stereocenters. The second-order valence-electron chi connectivity index (χ2n) is 9.35. The molecule has 0 heterocycles. The Morgan fingerprint density at radius 3 is 0.897 bits per heavy atom. The topological polar surface area (TPSA) is 53.7 Å². The van der Waals surface area contributed by atoms with Gasteiger partial charge in [0, 0.05) is 28.7 Å². The zero-order chi connectivity index (χ0) is 27.2. The number of ether oxygens (including phenoxy) is 3. The van der Waals surface area contributed by atoms with Gasteiger partial charge in [0.25, 0.3) is 0 Å². The van der Waals surface area contributed by atoms with Gasteiger partial charge in [-0.1, -0.05) is 121 Å². The first-order chi connectivity index (χ1) is 19.2. The summed E-state index contributed by atoms with van der Waals surface area (Å²) in [6.07, 6.45) is 0. The van der Waals surface area contributed by atoms with Gasteiger partial charge in [-0.05, 0) is 22.3 Å². The minimum atomic E-state index is -0.201. The number of rotatable bonds is 9. The van der Waals surface area contributed by atoms with E-state index in [1.807, 2.05) is 72.8 Å². The van der Waals surface area contributed by atoms with Crippen molar-refractivity contribution in [1.82, 2.24) is 0 Å². The maximum atomic E-state index is 7.30. The summed E-state index contributed by atoms with van der Waals surface area (Å²) in [7, 11) is 4.95. The fourth-order valence-electron chi connectivity index (χ4n) is 5.53. The van der Waals surface area contributed by atoms with Crippen LogP contribution in [0.2, 0.25) is 0 Å². The minimum Gasteiger partial charge on any atom is -0.492 e. The van der Waals surface area contributed by atoms with E-state index >= 15 is 0 Å². The van der Waals surface area contributed by atoms with Crippen LogP contribution in [0.1, 0.15) is 45.2 Å². The summed E-state index contributed by atoms with van der Waals surface area (Å²) in [6.45, 7) is 0. The predicted octanol–water partition coefficient (Wildman–Crippen LogP) is 7.66. The standard InChI is InChI=1S/C35H33NO3/c1-37-33-30(28(24-16-8-4-9-17-24)25-18-10-5-11-19-25)32(36)31(34(38-2)35(33)39-3)29(26-20-12-6-13-21-26)27-22-14-7-15-23-27/h4-23,28-29H,36H2,1-3H3. The molecule has 0 radical (unpaired) electrons. The van der Waals surface area contributed by atoms with E-state index in [2.05, 4.69) is 48.5 Å². The Bertz CT molecular complexity index is 1310. The normalized spacial score (nSPS) is 11.0. The van der Waals surface area contributed by atoms with Gasteiger partial charge in [0.1, 0.15) is 0 Å². The van der Waals surface area contributed by atoms with Gasteiger partial charge in [-0.3, -0.25) is 0 Å². The second-order valence-corrected chi connectivity index (χ2v) is 9.35. The van der Waals surface area contributed by atoms with Crippen LogP contribution in [-0.4, -0.2) is 21.3 Å². The lowest BCUT2D eigenvalue weighted by Crippen LogP contribution is -2.16. The van der Waals surface area contributed by atoms with Gasteiger partial charge in [-0.15, -0.1) is 0 Å². The quantitative estimate of drug-likeness (QED) is 0.162. The summed E-state index contributed by atoms with van der Waals surface area (Å²) in [5.74, 6) is 1.25. The highest BCUT2D eigenvalue weighted by Crippen LogP contribution is 2.55. The van der Waals surface area contributed by atoms with Gasteiger partial charge in [-0.25, -0.2) is 0 Å². The van der Waals surface area contributed by atoms with Crippen LogP contribution < -0.4 is 19.9 Å². The third kappa shape index (κ3) is 4.94. The fourth-order valence-corrected chi connectivity index (χ4v) is 5.53. The largest absolute Gasteiger partial charge is 0.492 e. The number of nitrogen functional groups attached to an aromatic ring is 1. The van der Waals surface area contributed by atoms with Gasteiger partial charge in [0.05, 0.1) is 21.3 Å². The summed E-state index contributed by atoms with van der Waals surface area (Å²) in [5.41, 5.74) is 14.0.